The van der Waals surface area contributed by atoms with E-state index in [1.165, 1.54) is 19.9 Å². The lowest BCUT2D eigenvalue weighted by atomic mass is 9.44. The summed E-state index contributed by atoms with van der Waals surface area (Å²) in [6, 6.07) is 0.908. The first-order valence-corrected chi connectivity index (χ1v) is 26.5. The van der Waals surface area contributed by atoms with E-state index in [9.17, 15) is 67.2 Å². The van der Waals surface area contributed by atoms with Gasteiger partial charge in [-0.25, -0.2) is 31.6 Å². The van der Waals surface area contributed by atoms with E-state index in [0.29, 0.717) is 57.1 Å². The standard InChI is InChI=1S/C24H31F3O4.C13H18F3N3O4S2.C9H18N2O4/c1-13(28)23(31-14(2)29)10-7-18-16-12-20(24(25,26)27)19-11-15(30)5-8-21(19,3)17(16)6-9-22(18,23)4;1-2-3-4-5-12-18-9-6-8(13(14,15)16)10(24(17,20)21)7-11(9)25(22,23)19-12;1-3-4-9(2,5-14-7(10)12)6-15-8(11)13/h11,16-18,20H,5-10,12H2,1-4H3;6-7,12,18-19H,2-5H2,1H3,(H2,17,20,21);3-6H2,1-2H3,(H2,10,12)(H2,11,13)/t16-,17+,18+,20+,21-,22+,23+;;/m1../s1. The molecule has 0 aromatic heterocycles. The number of primary amides is 2. The minimum absolute atomic E-state index is 0.0311. The number of nitrogens with two attached hydrogens (primary N) is 3. The number of anilines is 1. The number of carbonyl (C=O) groups is 5. The van der Waals surface area contributed by atoms with Crippen LogP contribution in [0.3, 0.4) is 0 Å². The number of carbonyl (C=O) groups excluding carboxylic acids is 5. The van der Waals surface area contributed by atoms with Gasteiger partial charge in [-0.15, -0.1) is 0 Å². The summed E-state index contributed by atoms with van der Waals surface area (Å²) in [7, 11) is -8.94. The van der Waals surface area contributed by atoms with Crippen LogP contribution in [0.15, 0.2) is 33.6 Å². The molecule has 71 heavy (non-hydrogen) atoms. The van der Waals surface area contributed by atoms with Crippen molar-refractivity contribution in [3.8, 4) is 0 Å². The van der Waals surface area contributed by atoms with E-state index >= 15 is 0 Å². The molecule has 1 aromatic carbocycles. The van der Waals surface area contributed by atoms with Crippen LogP contribution in [0.4, 0.5) is 41.6 Å². The number of ketones is 2. The molecule has 1 unspecified atom stereocenters. The predicted octanol–water partition coefficient (Wildman–Crippen LogP) is 8.14. The lowest BCUT2D eigenvalue weighted by Crippen LogP contribution is -2.60. The minimum atomic E-state index is -5.01. The number of rotatable bonds is 13. The number of hydrogen-bond acceptors (Lipinski definition) is 13. The van der Waals surface area contributed by atoms with Gasteiger partial charge in [-0.3, -0.25) is 14.4 Å². The molecule has 0 saturated heterocycles. The van der Waals surface area contributed by atoms with Crippen molar-refractivity contribution in [2.24, 2.45) is 56.5 Å². The van der Waals surface area contributed by atoms with Crippen LogP contribution in [-0.2, 0) is 54.8 Å². The maximum absolute atomic E-state index is 14.2. The fraction of sp³-hybridized carbons (Fsp3) is 0.717. The Hall–Kier alpha value is -4.49. The average Bonchev–Trinajstić information content (AvgIpc) is 3.53. The number of esters is 1. The number of sulfonamides is 2. The predicted molar refractivity (Wildman–Crippen MR) is 246 cm³/mol. The smallest absolute Gasteiger partial charge is 0.417 e. The average molecular weight is 1060 g/mol. The van der Waals surface area contributed by atoms with Crippen molar-refractivity contribution in [1.82, 2.24) is 4.72 Å². The second-order valence-corrected chi connectivity index (χ2v) is 23.4. The zero-order valence-electron chi connectivity index (χ0n) is 40.9. The molecule has 0 spiro atoms. The van der Waals surface area contributed by atoms with Crippen molar-refractivity contribution >= 4 is 55.5 Å². The zero-order chi connectivity index (χ0) is 53.9. The summed E-state index contributed by atoms with van der Waals surface area (Å²) >= 11 is 0. The second kappa shape index (κ2) is 21.9. The van der Waals surface area contributed by atoms with Gasteiger partial charge in [-0.1, -0.05) is 60.3 Å². The molecule has 5 aliphatic rings. The monoisotopic (exact) mass is 1060 g/mol. The van der Waals surface area contributed by atoms with Crippen molar-refractivity contribution in [3.63, 3.8) is 0 Å². The van der Waals surface area contributed by atoms with E-state index in [1.54, 1.807) is 0 Å². The van der Waals surface area contributed by atoms with Gasteiger partial charge in [0.1, 0.15) is 18.1 Å². The summed E-state index contributed by atoms with van der Waals surface area (Å²) in [6.45, 7) is 12.6. The Bertz CT molecular complexity index is 2440. The highest BCUT2D eigenvalue weighted by Gasteiger charge is 2.69. The van der Waals surface area contributed by atoms with Gasteiger partial charge in [0, 0.05) is 24.2 Å². The van der Waals surface area contributed by atoms with Crippen molar-refractivity contribution in [3.05, 3.63) is 29.3 Å². The molecule has 8 atom stereocenters. The maximum Gasteiger partial charge on any atom is 0.417 e. The molecule has 402 valence electrons. The first-order valence-electron chi connectivity index (χ1n) is 23.5. The van der Waals surface area contributed by atoms with Gasteiger partial charge in [0.05, 0.1) is 28.2 Å². The molecule has 3 fully saturated rings. The molecule has 1 aromatic rings. The number of benzene rings is 1. The molecule has 0 bridgehead atoms. The molecule has 3 saturated carbocycles. The van der Waals surface area contributed by atoms with Gasteiger partial charge in [-0.05, 0) is 105 Å². The molecular weight excluding hydrogens is 993 g/mol. The lowest BCUT2D eigenvalue weighted by molar-refractivity contribution is -0.205. The van der Waals surface area contributed by atoms with Gasteiger partial charge in [0.15, 0.2) is 17.2 Å². The summed E-state index contributed by atoms with van der Waals surface area (Å²) in [6.07, 6.45) is -3.31. The summed E-state index contributed by atoms with van der Waals surface area (Å²) in [5.74, 6) is -2.92. The second-order valence-electron chi connectivity index (χ2n) is 20.1. The van der Waals surface area contributed by atoms with Gasteiger partial charge >= 0.3 is 30.5 Å². The van der Waals surface area contributed by atoms with E-state index in [2.05, 4.69) is 10.0 Å². The van der Waals surface area contributed by atoms with E-state index in [1.807, 2.05) is 34.6 Å². The van der Waals surface area contributed by atoms with Gasteiger partial charge < -0.3 is 31.0 Å². The third-order valence-electron chi connectivity index (χ3n) is 15.1. The topological polar surface area (TPSA) is 283 Å². The van der Waals surface area contributed by atoms with Crippen LogP contribution in [-0.4, -0.2) is 77.7 Å². The molecular formula is C46H67F6N5O12S2. The van der Waals surface area contributed by atoms with Crippen molar-refractivity contribution in [2.75, 3.05) is 18.5 Å². The van der Waals surface area contributed by atoms with Crippen LogP contribution in [0.2, 0.25) is 0 Å². The number of hydrogen-bond donors (Lipinski definition) is 5. The number of ether oxygens (including phenoxy) is 3. The van der Waals surface area contributed by atoms with Crippen LogP contribution in [0.25, 0.3) is 0 Å². The Kier molecular flexibility index (Phi) is 18.2. The van der Waals surface area contributed by atoms with E-state index in [4.69, 9.17) is 30.8 Å². The van der Waals surface area contributed by atoms with Crippen LogP contribution >= 0.6 is 0 Å². The van der Waals surface area contributed by atoms with Crippen LogP contribution < -0.4 is 26.6 Å². The highest BCUT2D eigenvalue weighted by atomic mass is 32.2. The Morgan fingerprint density at radius 1 is 0.887 bits per heavy atom. The van der Waals surface area contributed by atoms with Crippen molar-refractivity contribution in [1.29, 1.82) is 0 Å². The van der Waals surface area contributed by atoms with Gasteiger partial charge in [-0.2, -0.15) is 31.1 Å². The van der Waals surface area contributed by atoms with Crippen LogP contribution in [0, 0.1) is 39.9 Å². The first kappa shape index (κ1) is 59.1. The number of amides is 2. The normalized spacial score (nSPS) is 28.8. The SMILES string of the molecule is CC(=O)O[C@]1(C(C)=O)CC[C@H]2[C@@H]3C[C@H](C(F)(F)F)C4=CC(=O)CC[C@]4(C)[C@H]3CC[C@@]21C.CCCC(C)(COC(N)=O)COC(N)=O.CCCCCC1Nc2cc(C(F)(F)F)c(S(N)(=O)=O)cc2S(=O)(=O)N1. The van der Waals surface area contributed by atoms with E-state index in [-0.39, 0.29) is 66.6 Å². The molecule has 1 aliphatic heterocycles. The Balaban J connectivity index is 0.000000246. The number of Topliss-reactive ketones (excluding diaryl/α,β-unsaturated/α-hetero) is 1. The summed E-state index contributed by atoms with van der Waals surface area (Å²) in [5.41, 5.74) is 5.13. The fourth-order valence-corrected chi connectivity index (χ4v) is 14.0. The highest BCUT2D eigenvalue weighted by Crippen LogP contribution is 2.70. The number of alkyl halides is 6. The van der Waals surface area contributed by atoms with Crippen molar-refractivity contribution < 1.29 is 81.4 Å². The lowest BCUT2D eigenvalue weighted by Gasteiger charge is -2.60. The van der Waals surface area contributed by atoms with Crippen LogP contribution in [0.1, 0.15) is 138 Å². The van der Waals surface area contributed by atoms with E-state index < -0.39 is 99.8 Å². The van der Waals surface area contributed by atoms with Crippen LogP contribution in [0.5, 0.6) is 0 Å². The molecule has 1 heterocycles. The van der Waals surface area contributed by atoms with E-state index in [0.717, 1.165) is 25.7 Å². The molecule has 6 rings (SSSR count). The molecule has 2 amide bonds. The molecule has 17 nitrogen and oxygen atoms in total. The summed E-state index contributed by atoms with van der Waals surface area (Å²) < 4.78 is 147. The van der Waals surface area contributed by atoms with Gasteiger partial charge in [0.2, 0.25) is 20.0 Å². The number of halogens is 6. The third-order valence-corrected chi connectivity index (χ3v) is 17.6. The third kappa shape index (κ3) is 13.2. The Morgan fingerprint density at radius 3 is 1.97 bits per heavy atom. The number of primary sulfonamides is 1. The van der Waals surface area contributed by atoms with Gasteiger partial charge in [0.25, 0.3) is 0 Å². The number of allylic oxidation sites excluding steroid dienone is 1. The fourth-order valence-electron chi connectivity index (χ4n) is 11.8. The Morgan fingerprint density at radius 2 is 1.48 bits per heavy atom. The molecule has 4 aliphatic carbocycles. The highest BCUT2D eigenvalue weighted by molar-refractivity contribution is 7.90. The molecule has 0 radical (unpaired) electrons. The zero-order valence-corrected chi connectivity index (χ0v) is 42.6. The maximum atomic E-state index is 14.2. The summed E-state index contributed by atoms with van der Waals surface area (Å²) in [4.78, 5) is 55.8. The quantitative estimate of drug-likeness (QED) is 0.0540. The molecule has 25 heteroatoms. The van der Waals surface area contributed by atoms with Crippen molar-refractivity contribution in [2.45, 2.75) is 166 Å². The summed E-state index contributed by atoms with van der Waals surface area (Å²) in [5, 5.41) is 7.50. The minimum Gasteiger partial charge on any atom is -0.451 e. The first-order chi connectivity index (χ1) is 32.5. The number of unbranched alkanes of at least 4 members (excludes halogenated alkanes) is 2. The molecule has 8 N–H and O–H groups in total. The Labute approximate surface area is 410 Å². The number of fused-ring (bicyclic) bond motifs is 6. The number of nitrogens with one attached hydrogen (secondary N) is 2. The largest absolute Gasteiger partial charge is 0.451 e.